The largest absolute Gasteiger partial charge is 0.497 e. The van der Waals surface area contributed by atoms with Crippen molar-refractivity contribution in [2.75, 3.05) is 7.11 Å². The lowest BCUT2D eigenvalue weighted by molar-refractivity contribution is 0.306. The van der Waals surface area contributed by atoms with Gasteiger partial charge in [-0.15, -0.1) is 10.2 Å². The van der Waals surface area contributed by atoms with Gasteiger partial charge in [0.1, 0.15) is 11.4 Å². The van der Waals surface area contributed by atoms with Crippen LogP contribution in [-0.4, -0.2) is 32.3 Å². The number of hydrogen-bond acceptors (Lipinski definition) is 5. The van der Waals surface area contributed by atoms with Crippen molar-refractivity contribution in [3.05, 3.63) is 18.3 Å². The van der Waals surface area contributed by atoms with E-state index in [0.717, 1.165) is 5.75 Å². The highest BCUT2D eigenvalue weighted by molar-refractivity contribution is 5.50. The molecule has 90 valence electrons. The van der Waals surface area contributed by atoms with Gasteiger partial charge in [0.05, 0.1) is 12.6 Å². The van der Waals surface area contributed by atoms with Crippen molar-refractivity contribution in [3.8, 4) is 17.3 Å². The van der Waals surface area contributed by atoms with Crippen LogP contribution in [0.5, 0.6) is 5.75 Å². The molecule has 2 heterocycles. The second-order valence-corrected chi connectivity index (χ2v) is 4.65. The van der Waals surface area contributed by atoms with Gasteiger partial charge >= 0.3 is 0 Å². The molecule has 2 rings (SSSR count). The minimum Gasteiger partial charge on any atom is -0.497 e. The Morgan fingerprint density at radius 3 is 2.65 bits per heavy atom. The second-order valence-electron chi connectivity index (χ2n) is 4.65. The fourth-order valence-corrected chi connectivity index (χ4v) is 1.26. The summed E-state index contributed by atoms with van der Waals surface area (Å²) in [5, 5.41) is 12.3. The van der Waals surface area contributed by atoms with Crippen LogP contribution in [0, 0.1) is 0 Å². The molecule has 0 aromatic carbocycles. The van der Waals surface area contributed by atoms with Crippen LogP contribution in [0.1, 0.15) is 20.8 Å². The van der Waals surface area contributed by atoms with Gasteiger partial charge in [0.15, 0.2) is 0 Å². The molecule has 6 nitrogen and oxygen atoms in total. The molecular formula is C11H15N5O. The summed E-state index contributed by atoms with van der Waals surface area (Å²) in [4.78, 5) is 5.77. The lowest BCUT2D eigenvalue weighted by Gasteiger charge is -2.15. The Hall–Kier alpha value is -1.98. The minimum absolute atomic E-state index is 0.190. The molecule has 6 heteroatoms. The standard InChI is InChI=1S/C11H15N5O/c1-11(2,3)16-14-10(13-15-16)9-7-8(17-4)5-6-12-9/h5-7H,1-4H3. The maximum absolute atomic E-state index is 5.13. The van der Waals surface area contributed by atoms with Crippen LogP contribution >= 0.6 is 0 Å². The van der Waals surface area contributed by atoms with E-state index in [1.54, 1.807) is 30.2 Å². The fraction of sp³-hybridized carbons (Fsp3) is 0.455. The summed E-state index contributed by atoms with van der Waals surface area (Å²) in [6.45, 7) is 6.03. The monoisotopic (exact) mass is 233 g/mol. The molecule has 0 saturated carbocycles. The van der Waals surface area contributed by atoms with Crippen molar-refractivity contribution in [2.45, 2.75) is 26.3 Å². The molecule has 0 N–H and O–H groups in total. The van der Waals surface area contributed by atoms with Crippen LogP contribution in [0.3, 0.4) is 0 Å². The molecule has 0 saturated heterocycles. The van der Waals surface area contributed by atoms with Crippen LogP contribution < -0.4 is 4.74 Å². The van der Waals surface area contributed by atoms with E-state index in [-0.39, 0.29) is 5.54 Å². The van der Waals surface area contributed by atoms with Gasteiger partial charge in [-0.1, -0.05) is 0 Å². The third-order valence-electron chi connectivity index (χ3n) is 2.21. The first-order valence-electron chi connectivity index (χ1n) is 5.31. The van der Waals surface area contributed by atoms with Crippen LogP contribution in [-0.2, 0) is 5.54 Å². The summed E-state index contributed by atoms with van der Waals surface area (Å²) in [6, 6.07) is 3.56. The predicted octanol–water partition coefficient (Wildman–Crippen LogP) is 1.50. The van der Waals surface area contributed by atoms with E-state index in [2.05, 4.69) is 20.4 Å². The van der Waals surface area contributed by atoms with E-state index in [4.69, 9.17) is 4.74 Å². The first-order chi connectivity index (χ1) is 8.00. The molecule has 2 aromatic heterocycles. The minimum atomic E-state index is -0.190. The number of ether oxygens (including phenoxy) is 1. The van der Waals surface area contributed by atoms with Gasteiger partial charge in [-0.25, -0.2) is 0 Å². The summed E-state index contributed by atoms with van der Waals surface area (Å²) >= 11 is 0. The molecule has 0 bridgehead atoms. The van der Waals surface area contributed by atoms with E-state index < -0.39 is 0 Å². The molecule has 0 atom stereocenters. The summed E-state index contributed by atoms with van der Waals surface area (Å²) in [7, 11) is 1.61. The number of nitrogens with zero attached hydrogens (tertiary/aromatic N) is 5. The highest BCUT2D eigenvalue weighted by Gasteiger charge is 2.18. The molecule has 0 radical (unpaired) electrons. The highest BCUT2D eigenvalue weighted by Crippen LogP contribution is 2.18. The first kappa shape index (κ1) is 11.5. The Morgan fingerprint density at radius 2 is 2.06 bits per heavy atom. The SMILES string of the molecule is COc1ccnc(-c2nnn(C(C)(C)C)n2)c1. The molecule has 0 amide bonds. The van der Waals surface area contributed by atoms with Gasteiger partial charge in [-0.3, -0.25) is 4.98 Å². The number of pyridine rings is 1. The Labute approximate surface area is 99.6 Å². The normalized spacial score (nSPS) is 11.5. The summed E-state index contributed by atoms with van der Waals surface area (Å²) in [5.74, 6) is 1.22. The Balaban J connectivity index is 2.37. The lowest BCUT2D eigenvalue weighted by Crippen LogP contribution is -2.24. The molecule has 2 aromatic rings. The summed E-state index contributed by atoms with van der Waals surface area (Å²) in [6.07, 6.45) is 1.66. The Bertz CT molecular complexity index is 515. The average molecular weight is 233 g/mol. The van der Waals surface area contributed by atoms with Crippen molar-refractivity contribution in [1.29, 1.82) is 0 Å². The molecular weight excluding hydrogens is 218 g/mol. The summed E-state index contributed by atoms with van der Waals surface area (Å²) < 4.78 is 5.13. The summed E-state index contributed by atoms with van der Waals surface area (Å²) in [5.41, 5.74) is 0.462. The van der Waals surface area contributed by atoms with Crippen LogP contribution in [0.4, 0.5) is 0 Å². The number of methoxy groups -OCH3 is 1. The predicted molar refractivity (Wildman–Crippen MR) is 62.6 cm³/mol. The van der Waals surface area contributed by atoms with Crippen LogP contribution in [0.15, 0.2) is 18.3 Å². The maximum Gasteiger partial charge on any atom is 0.223 e. The van der Waals surface area contributed by atoms with Gasteiger partial charge in [-0.05, 0) is 32.1 Å². The zero-order valence-electron chi connectivity index (χ0n) is 10.4. The third kappa shape index (κ3) is 2.41. The topological polar surface area (TPSA) is 65.7 Å². The third-order valence-corrected chi connectivity index (χ3v) is 2.21. The molecule has 0 aliphatic carbocycles. The van der Waals surface area contributed by atoms with E-state index in [9.17, 15) is 0 Å². The van der Waals surface area contributed by atoms with Crippen LogP contribution in [0.2, 0.25) is 0 Å². The fourth-order valence-electron chi connectivity index (χ4n) is 1.26. The molecule has 0 unspecified atom stereocenters. The molecule has 17 heavy (non-hydrogen) atoms. The molecule has 0 fully saturated rings. The van der Waals surface area contributed by atoms with Crippen LogP contribution in [0.25, 0.3) is 11.5 Å². The maximum atomic E-state index is 5.13. The van der Waals surface area contributed by atoms with Crippen molar-refractivity contribution >= 4 is 0 Å². The zero-order chi connectivity index (χ0) is 12.5. The second kappa shape index (κ2) is 4.12. The lowest BCUT2D eigenvalue weighted by atomic mass is 10.1. The van der Waals surface area contributed by atoms with Gasteiger partial charge in [0.25, 0.3) is 0 Å². The van der Waals surface area contributed by atoms with Crippen molar-refractivity contribution in [1.82, 2.24) is 25.2 Å². The molecule has 0 aliphatic rings. The van der Waals surface area contributed by atoms with E-state index in [1.807, 2.05) is 20.8 Å². The van der Waals surface area contributed by atoms with E-state index in [0.29, 0.717) is 11.5 Å². The quantitative estimate of drug-likeness (QED) is 0.786. The van der Waals surface area contributed by atoms with Gasteiger partial charge < -0.3 is 4.74 Å². The van der Waals surface area contributed by atoms with Gasteiger partial charge in [0.2, 0.25) is 5.82 Å². The van der Waals surface area contributed by atoms with Crippen molar-refractivity contribution in [3.63, 3.8) is 0 Å². The number of tetrazole rings is 1. The average Bonchev–Trinajstić information content (AvgIpc) is 2.78. The van der Waals surface area contributed by atoms with Crippen molar-refractivity contribution in [2.24, 2.45) is 0 Å². The van der Waals surface area contributed by atoms with Gasteiger partial charge in [0, 0.05) is 12.3 Å². The van der Waals surface area contributed by atoms with E-state index in [1.165, 1.54) is 0 Å². The first-order valence-corrected chi connectivity index (χ1v) is 5.31. The van der Waals surface area contributed by atoms with E-state index >= 15 is 0 Å². The molecule has 0 aliphatic heterocycles. The smallest absolute Gasteiger partial charge is 0.223 e. The Morgan fingerprint density at radius 1 is 1.29 bits per heavy atom. The number of aromatic nitrogens is 5. The van der Waals surface area contributed by atoms with Crippen molar-refractivity contribution < 1.29 is 4.74 Å². The zero-order valence-corrected chi connectivity index (χ0v) is 10.4. The molecule has 0 spiro atoms. The van der Waals surface area contributed by atoms with Gasteiger partial charge in [-0.2, -0.15) is 4.80 Å². The number of hydrogen-bond donors (Lipinski definition) is 0. The Kier molecular flexibility index (Phi) is 2.79. The number of rotatable bonds is 2. The highest BCUT2D eigenvalue weighted by atomic mass is 16.5.